The lowest BCUT2D eigenvalue weighted by atomic mass is 9.88. The van der Waals surface area contributed by atoms with Crippen molar-refractivity contribution in [3.63, 3.8) is 0 Å². The molecule has 0 heterocycles. The van der Waals surface area contributed by atoms with E-state index in [1.54, 1.807) is 7.11 Å². The molecule has 0 atom stereocenters. The second kappa shape index (κ2) is 17.9. The van der Waals surface area contributed by atoms with Crippen LogP contribution in [0.2, 0.25) is 10.0 Å². The molecule has 0 aliphatic carbocycles. The number of para-hydroxylation sites is 1. The monoisotopic (exact) mass is 629 g/mol. The maximum Gasteiger partial charge on any atom is 0.224 e. The first-order chi connectivity index (χ1) is 21.5. The molecule has 4 aromatic rings. The fraction of sp³-hybridized carbons (Fsp3) is 0.359. The van der Waals surface area contributed by atoms with Crippen LogP contribution in [0.3, 0.4) is 0 Å². The molecule has 0 spiro atoms. The molecule has 0 saturated carbocycles. The Labute approximate surface area is 274 Å². The van der Waals surface area contributed by atoms with Gasteiger partial charge in [-0.1, -0.05) is 161 Å². The van der Waals surface area contributed by atoms with Gasteiger partial charge in [-0.3, -0.25) is 4.79 Å². The molecule has 0 aromatic heterocycles. The predicted molar refractivity (Wildman–Crippen MR) is 189 cm³/mol. The third-order valence-corrected chi connectivity index (χ3v) is 8.87. The van der Waals surface area contributed by atoms with E-state index in [1.165, 1.54) is 57.8 Å². The van der Waals surface area contributed by atoms with E-state index in [-0.39, 0.29) is 5.91 Å². The van der Waals surface area contributed by atoms with Crippen molar-refractivity contribution in [1.29, 1.82) is 0 Å². The van der Waals surface area contributed by atoms with Gasteiger partial charge in [0.15, 0.2) is 0 Å². The minimum Gasteiger partial charge on any atom is -0.496 e. The zero-order valence-electron chi connectivity index (χ0n) is 26.1. The third-order valence-electron chi connectivity index (χ3n) is 8.15. The number of amides is 1. The van der Waals surface area contributed by atoms with Crippen molar-refractivity contribution >= 4 is 34.8 Å². The van der Waals surface area contributed by atoms with Crippen LogP contribution >= 0.6 is 23.2 Å². The number of methoxy groups -OCH3 is 1. The Balaban J connectivity index is 1.60. The van der Waals surface area contributed by atoms with Crippen molar-refractivity contribution in [3.8, 4) is 39.1 Å². The largest absolute Gasteiger partial charge is 0.496 e. The molecule has 4 rings (SSSR count). The van der Waals surface area contributed by atoms with Crippen molar-refractivity contribution in [1.82, 2.24) is 0 Å². The number of benzene rings is 4. The van der Waals surface area contributed by atoms with Gasteiger partial charge in [0.2, 0.25) is 5.91 Å². The second-order valence-electron chi connectivity index (χ2n) is 11.4. The molecule has 0 bridgehead atoms. The summed E-state index contributed by atoms with van der Waals surface area (Å²) in [6.45, 7) is 2.26. The molecule has 232 valence electrons. The lowest BCUT2D eigenvalue weighted by Crippen LogP contribution is -2.13. The molecule has 44 heavy (non-hydrogen) atoms. The molecule has 1 N–H and O–H groups in total. The Morgan fingerprint density at radius 2 is 1.23 bits per heavy atom. The fourth-order valence-electron chi connectivity index (χ4n) is 5.80. The topological polar surface area (TPSA) is 38.3 Å². The SMILES string of the molecule is CCCCCCCCCCCCCC(=O)Nc1cc(-c2ccccc2OC)c(Cl)c(-c2ccccc2Cl)c1-c1ccccc1. The van der Waals surface area contributed by atoms with Crippen molar-refractivity contribution < 1.29 is 9.53 Å². The Hall–Kier alpha value is -3.27. The first-order valence-corrected chi connectivity index (χ1v) is 16.9. The van der Waals surface area contributed by atoms with E-state index in [0.717, 1.165) is 46.2 Å². The molecule has 0 fully saturated rings. The average molecular weight is 631 g/mol. The lowest BCUT2D eigenvalue weighted by molar-refractivity contribution is -0.116. The molecule has 0 aliphatic heterocycles. The summed E-state index contributed by atoms with van der Waals surface area (Å²) in [7, 11) is 1.65. The number of carbonyl (C=O) groups is 1. The van der Waals surface area contributed by atoms with Gasteiger partial charge in [0.25, 0.3) is 0 Å². The zero-order valence-corrected chi connectivity index (χ0v) is 27.7. The molecule has 1 amide bonds. The van der Waals surface area contributed by atoms with Crippen LogP contribution in [-0.4, -0.2) is 13.0 Å². The van der Waals surface area contributed by atoms with E-state index in [4.69, 9.17) is 27.9 Å². The summed E-state index contributed by atoms with van der Waals surface area (Å²) in [5.41, 5.74) is 5.67. The van der Waals surface area contributed by atoms with Gasteiger partial charge in [-0.15, -0.1) is 0 Å². The highest BCUT2D eigenvalue weighted by atomic mass is 35.5. The van der Waals surface area contributed by atoms with E-state index < -0.39 is 0 Å². The molecular weight excluding hydrogens is 585 g/mol. The summed E-state index contributed by atoms with van der Waals surface area (Å²) in [4.78, 5) is 13.4. The first-order valence-electron chi connectivity index (χ1n) is 16.1. The Morgan fingerprint density at radius 1 is 0.659 bits per heavy atom. The maximum atomic E-state index is 13.4. The van der Waals surface area contributed by atoms with Crippen LogP contribution in [0, 0.1) is 0 Å². The molecule has 0 saturated heterocycles. The van der Waals surface area contributed by atoms with Crippen molar-refractivity contribution in [2.75, 3.05) is 12.4 Å². The molecule has 0 unspecified atom stereocenters. The number of anilines is 1. The molecule has 5 heteroatoms. The van der Waals surface area contributed by atoms with Crippen LogP contribution in [0.5, 0.6) is 5.75 Å². The van der Waals surface area contributed by atoms with Crippen molar-refractivity contribution in [3.05, 3.63) is 95.0 Å². The van der Waals surface area contributed by atoms with E-state index >= 15 is 0 Å². The van der Waals surface area contributed by atoms with Crippen molar-refractivity contribution in [2.24, 2.45) is 0 Å². The van der Waals surface area contributed by atoms with Crippen LogP contribution in [0.25, 0.3) is 33.4 Å². The molecule has 4 aromatic carbocycles. The minimum atomic E-state index is -0.00323. The number of nitrogens with one attached hydrogen (secondary N) is 1. The first kappa shape index (κ1) is 33.6. The van der Waals surface area contributed by atoms with E-state index in [0.29, 0.717) is 27.9 Å². The maximum absolute atomic E-state index is 13.4. The summed E-state index contributed by atoms with van der Waals surface area (Å²) in [6, 6.07) is 27.5. The van der Waals surface area contributed by atoms with Crippen LogP contribution < -0.4 is 10.1 Å². The average Bonchev–Trinajstić information content (AvgIpc) is 3.05. The number of rotatable bonds is 17. The number of carbonyl (C=O) groups excluding carboxylic acids is 1. The third kappa shape index (κ3) is 9.13. The highest BCUT2D eigenvalue weighted by Gasteiger charge is 2.24. The lowest BCUT2D eigenvalue weighted by Gasteiger charge is -2.22. The van der Waals surface area contributed by atoms with Gasteiger partial charge in [0, 0.05) is 44.9 Å². The summed E-state index contributed by atoms with van der Waals surface area (Å²) in [6.07, 6.45) is 14.2. The van der Waals surface area contributed by atoms with Gasteiger partial charge < -0.3 is 10.1 Å². The van der Waals surface area contributed by atoms with Gasteiger partial charge in [0.1, 0.15) is 5.75 Å². The predicted octanol–water partition coefficient (Wildman–Crippen LogP) is 12.6. The summed E-state index contributed by atoms with van der Waals surface area (Å²) < 4.78 is 5.71. The Bertz CT molecular complexity index is 1490. The smallest absolute Gasteiger partial charge is 0.224 e. The minimum absolute atomic E-state index is 0.00323. The molecule has 0 radical (unpaired) electrons. The Kier molecular flexibility index (Phi) is 13.7. The zero-order chi connectivity index (χ0) is 31.1. The number of ether oxygens (including phenoxy) is 1. The van der Waals surface area contributed by atoms with Crippen LogP contribution in [-0.2, 0) is 4.79 Å². The van der Waals surface area contributed by atoms with E-state index in [2.05, 4.69) is 12.2 Å². The molecule has 3 nitrogen and oxygen atoms in total. The number of hydrogen-bond donors (Lipinski definition) is 1. The number of unbranched alkanes of at least 4 members (excludes halogenated alkanes) is 10. The van der Waals surface area contributed by atoms with Gasteiger partial charge in [0.05, 0.1) is 12.1 Å². The summed E-state index contributed by atoms with van der Waals surface area (Å²) in [5.74, 6) is 0.696. The molecule has 0 aliphatic rings. The van der Waals surface area contributed by atoms with Gasteiger partial charge in [-0.2, -0.15) is 0 Å². The fourth-order valence-corrected chi connectivity index (χ4v) is 6.39. The standard InChI is InChI=1S/C39H45Cl2NO2/c1-3-4-5-6-7-8-9-10-11-12-16-27-36(43)42-34-28-32(30-23-18-20-26-35(30)44-2)39(41)38(31-24-17-19-25-33(31)40)37(34)29-21-14-13-15-22-29/h13-15,17-26,28H,3-12,16,27H2,1-2H3,(H,42,43). The summed E-state index contributed by atoms with van der Waals surface area (Å²) in [5, 5.41) is 4.40. The van der Waals surface area contributed by atoms with Crippen LogP contribution in [0.1, 0.15) is 84.0 Å². The van der Waals surface area contributed by atoms with Gasteiger partial charge in [-0.05, 0) is 30.2 Å². The van der Waals surface area contributed by atoms with Crippen molar-refractivity contribution in [2.45, 2.75) is 84.0 Å². The van der Waals surface area contributed by atoms with Crippen LogP contribution in [0.15, 0.2) is 84.9 Å². The van der Waals surface area contributed by atoms with Crippen LogP contribution in [0.4, 0.5) is 5.69 Å². The van der Waals surface area contributed by atoms with E-state index in [9.17, 15) is 4.79 Å². The quantitative estimate of drug-likeness (QED) is 0.118. The second-order valence-corrected chi connectivity index (χ2v) is 12.2. The highest BCUT2D eigenvalue weighted by molar-refractivity contribution is 6.39. The highest BCUT2D eigenvalue weighted by Crippen LogP contribution is 2.50. The van der Waals surface area contributed by atoms with Gasteiger partial charge in [-0.25, -0.2) is 0 Å². The summed E-state index contributed by atoms with van der Waals surface area (Å²) >= 11 is 14.1. The van der Waals surface area contributed by atoms with E-state index in [1.807, 2.05) is 84.9 Å². The van der Waals surface area contributed by atoms with Gasteiger partial charge >= 0.3 is 0 Å². The number of halogens is 2. The number of hydrogen-bond acceptors (Lipinski definition) is 2. The Morgan fingerprint density at radius 3 is 1.86 bits per heavy atom. The molecular formula is C39H45Cl2NO2. The normalized spacial score (nSPS) is 11.0.